The van der Waals surface area contributed by atoms with Crippen molar-refractivity contribution in [1.82, 2.24) is 0 Å². The molecule has 0 aromatic heterocycles. The van der Waals surface area contributed by atoms with Crippen LogP contribution in [0.4, 0.5) is 17.6 Å². The fourth-order valence-electron chi connectivity index (χ4n) is 1.85. The van der Waals surface area contributed by atoms with Crippen molar-refractivity contribution in [2.24, 2.45) is 0 Å². The van der Waals surface area contributed by atoms with Gasteiger partial charge in [0.1, 0.15) is 11.6 Å². The summed E-state index contributed by atoms with van der Waals surface area (Å²) >= 11 is 0. The fourth-order valence-corrected chi connectivity index (χ4v) is 1.85. The highest BCUT2D eigenvalue weighted by Gasteiger charge is 2.30. The third kappa shape index (κ3) is 4.21. The van der Waals surface area contributed by atoms with Crippen molar-refractivity contribution in [1.29, 1.82) is 0 Å². The molecule has 112 valence electrons. The van der Waals surface area contributed by atoms with Gasteiger partial charge in [0, 0.05) is 12.5 Å². The first-order valence-electron chi connectivity index (χ1n) is 6.41. The van der Waals surface area contributed by atoms with E-state index in [4.69, 9.17) is 4.74 Å². The Kier molecular flexibility index (Phi) is 4.50. The van der Waals surface area contributed by atoms with E-state index in [0.29, 0.717) is 23.3 Å². The number of benzene rings is 2. The maximum Gasteiger partial charge on any atom is 0.416 e. The minimum absolute atomic E-state index is 0.184. The van der Waals surface area contributed by atoms with E-state index in [1.165, 1.54) is 12.1 Å². The first-order chi connectivity index (χ1) is 9.86. The first kappa shape index (κ1) is 15.4. The van der Waals surface area contributed by atoms with Crippen LogP contribution in [0, 0.1) is 12.7 Å². The zero-order chi connectivity index (χ0) is 15.5. The van der Waals surface area contributed by atoms with E-state index >= 15 is 0 Å². The molecule has 2 aromatic rings. The lowest BCUT2D eigenvalue weighted by Gasteiger charge is -2.10. The minimum Gasteiger partial charge on any atom is -0.493 e. The van der Waals surface area contributed by atoms with Gasteiger partial charge in [-0.25, -0.2) is 4.39 Å². The molecule has 0 radical (unpaired) electrons. The summed E-state index contributed by atoms with van der Waals surface area (Å²) in [5.41, 5.74) is 0.360. The first-order valence-corrected chi connectivity index (χ1v) is 6.41. The molecular weight excluding hydrogens is 284 g/mol. The summed E-state index contributed by atoms with van der Waals surface area (Å²) < 4.78 is 56.4. The third-order valence-electron chi connectivity index (χ3n) is 3.06. The quantitative estimate of drug-likeness (QED) is 0.738. The molecule has 2 rings (SSSR count). The van der Waals surface area contributed by atoms with Crippen LogP contribution in [-0.4, -0.2) is 6.61 Å². The van der Waals surface area contributed by atoms with Crippen molar-refractivity contribution in [3.8, 4) is 5.75 Å². The van der Waals surface area contributed by atoms with Crippen molar-refractivity contribution >= 4 is 0 Å². The van der Waals surface area contributed by atoms with Crippen LogP contribution in [0.1, 0.15) is 16.7 Å². The number of aryl methyl sites for hydroxylation is 1. The Morgan fingerprint density at radius 2 is 1.81 bits per heavy atom. The highest BCUT2D eigenvalue weighted by atomic mass is 19.4. The van der Waals surface area contributed by atoms with E-state index in [1.807, 2.05) is 0 Å². The number of halogens is 4. The van der Waals surface area contributed by atoms with Crippen LogP contribution in [0.25, 0.3) is 0 Å². The summed E-state index contributed by atoms with van der Waals surface area (Å²) in [6.45, 7) is 1.82. The van der Waals surface area contributed by atoms with Gasteiger partial charge in [0.15, 0.2) is 0 Å². The van der Waals surface area contributed by atoms with E-state index in [-0.39, 0.29) is 12.4 Å². The van der Waals surface area contributed by atoms with Crippen molar-refractivity contribution in [3.05, 3.63) is 65.0 Å². The highest BCUT2D eigenvalue weighted by molar-refractivity contribution is 5.28. The second-order valence-electron chi connectivity index (χ2n) is 4.71. The van der Waals surface area contributed by atoms with Crippen molar-refractivity contribution in [2.75, 3.05) is 6.61 Å². The molecule has 0 saturated heterocycles. The molecule has 0 unspecified atom stereocenters. The van der Waals surface area contributed by atoms with E-state index in [2.05, 4.69) is 0 Å². The van der Waals surface area contributed by atoms with Crippen LogP contribution < -0.4 is 4.74 Å². The molecule has 0 spiro atoms. The molecule has 0 N–H and O–H groups in total. The number of rotatable bonds is 4. The van der Waals surface area contributed by atoms with Crippen LogP contribution in [0.2, 0.25) is 0 Å². The van der Waals surface area contributed by atoms with Crippen molar-refractivity contribution in [2.45, 2.75) is 19.5 Å². The normalized spacial score (nSPS) is 11.5. The molecule has 0 amide bonds. The second kappa shape index (κ2) is 6.16. The monoisotopic (exact) mass is 298 g/mol. The lowest BCUT2D eigenvalue weighted by atomic mass is 10.1. The molecular formula is C16H14F4O. The van der Waals surface area contributed by atoms with Gasteiger partial charge in [0.25, 0.3) is 0 Å². The molecule has 1 nitrogen and oxygen atoms in total. The maximum absolute atomic E-state index is 13.3. The summed E-state index contributed by atoms with van der Waals surface area (Å²) in [5.74, 6) is -0.00311. The number of ether oxygens (including phenoxy) is 1. The van der Waals surface area contributed by atoms with Gasteiger partial charge in [0.05, 0.1) is 12.2 Å². The Morgan fingerprint density at radius 1 is 1.05 bits per heavy atom. The van der Waals surface area contributed by atoms with E-state index in [9.17, 15) is 17.6 Å². The van der Waals surface area contributed by atoms with Gasteiger partial charge in [0.2, 0.25) is 0 Å². The molecule has 21 heavy (non-hydrogen) atoms. The van der Waals surface area contributed by atoms with E-state index in [0.717, 1.165) is 12.1 Å². The summed E-state index contributed by atoms with van der Waals surface area (Å²) in [7, 11) is 0. The molecule has 0 aliphatic rings. The van der Waals surface area contributed by atoms with Crippen LogP contribution in [-0.2, 0) is 12.6 Å². The molecule has 0 fully saturated rings. The predicted octanol–water partition coefficient (Wildman–Crippen LogP) is 4.77. The Morgan fingerprint density at radius 3 is 2.48 bits per heavy atom. The standard InChI is InChI=1S/C16H14F4O/c1-11-5-6-14(10-15(11)17)21-8-7-12-3-2-4-13(9-12)16(18,19)20/h2-6,9-10H,7-8H2,1H3. The molecule has 0 bridgehead atoms. The predicted molar refractivity (Wildman–Crippen MR) is 71.8 cm³/mol. The van der Waals surface area contributed by atoms with Crippen LogP contribution in [0.5, 0.6) is 5.75 Å². The Labute approximate surface area is 120 Å². The zero-order valence-corrected chi connectivity index (χ0v) is 11.4. The largest absolute Gasteiger partial charge is 0.493 e. The topological polar surface area (TPSA) is 9.23 Å². The second-order valence-corrected chi connectivity index (χ2v) is 4.71. The van der Waals surface area contributed by atoms with Crippen LogP contribution >= 0.6 is 0 Å². The fraction of sp³-hybridized carbons (Fsp3) is 0.250. The van der Waals surface area contributed by atoms with Crippen LogP contribution in [0.3, 0.4) is 0 Å². The molecule has 0 saturated carbocycles. The number of hydrogen-bond donors (Lipinski definition) is 0. The van der Waals surface area contributed by atoms with Crippen molar-refractivity contribution < 1.29 is 22.3 Å². The molecule has 0 atom stereocenters. The molecule has 2 aromatic carbocycles. The summed E-state index contributed by atoms with van der Waals surface area (Å²) in [4.78, 5) is 0. The van der Waals surface area contributed by atoms with Gasteiger partial charge in [-0.15, -0.1) is 0 Å². The van der Waals surface area contributed by atoms with Gasteiger partial charge < -0.3 is 4.74 Å². The van der Waals surface area contributed by atoms with Gasteiger partial charge in [-0.1, -0.05) is 24.3 Å². The Hall–Kier alpha value is -2.04. The van der Waals surface area contributed by atoms with Crippen LogP contribution in [0.15, 0.2) is 42.5 Å². The average molecular weight is 298 g/mol. The van der Waals surface area contributed by atoms with E-state index < -0.39 is 11.7 Å². The molecule has 0 aliphatic heterocycles. The lowest BCUT2D eigenvalue weighted by molar-refractivity contribution is -0.137. The molecule has 5 heteroatoms. The summed E-state index contributed by atoms with van der Waals surface area (Å²) in [6.07, 6.45) is -4.03. The average Bonchev–Trinajstić information content (AvgIpc) is 2.42. The maximum atomic E-state index is 13.3. The number of alkyl halides is 3. The summed E-state index contributed by atoms with van der Waals surface area (Å²) in [5, 5.41) is 0. The lowest BCUT2D eigenvalue weighted by Crippen LogP contribution is -2.07. The Balaban J connectivity index is 1.96. The van der Waals surface area contributed by atoms with Gasteiger partial charge >= 0.3 is 6.18 Å². The SMILES string of the molecule is Cc1ccc(OCCc2cccc(C(F)(F)F)c2)cc1F. The van der Waals surface area contributed by atoms with Crippen molar-refractivity contribution in [3.63, 3.8) is 0 Å². The van der Waals surface area contributed by atoms with Gasteiger partial charge in [-0.2, -0.15) is 13.2 Å². The third-order valence-corrected chi connectivity index (χ3v) is 3.06. The number of hydrogen-bond acceptors (Lipinski definition) is 1. The molecule has 0 heterocycles. The van der Waals surface area contributed by atoms with E-state index in [1.54, 1.807) is 25.1 Å². The summed E-state index contributed by atoms with van der Waals surface area (Å²) in [6, 6.07) is 9.58. The Bertz CT molecular complexity index is 620. The van der Waals surface area contributed by atoms with Gasteiger partial charge in [-0.3, -0.25) is 0 Å². The zero-order valence-electron chi connectivity index (χ0n) is 11.4. The smallest absolute Gasteiger partial charge is 0.416 e. The minimum atomic E-state index is -4.35. The van der Waals surface area contributed by atoms with Gasteiger partial charge in [-0.05, 0) is 30.2 Å². The molecule has 0 aliphatic carbocycles. The highest BCUT2D eigenvalue weighted by Crippen LogP contribution is 2.29.